The molecule has 13 heteroatoms. The molecule has 0 fully saturated rings. The van der Waals surface area contributed by atoms with Gasteiger partial charge in [-0.2, -0.15) is 18.3 Å². The Hall–Kier alpha value is -4.26. The number of urea groups is 1. The normalized spacial score (nSPS) is 11.5. The van der Waals surface area contributed by atoms with Crippen LogP contribution in [0.5, 0.6) is 0 Å². The molecule has 33 heavy (non-hydrogen) atoms. The number of aliphatic hydroxyl groups is 1. The summed E-state index contributed by atoms with van der Waals surface area (Å²) in [4.78, 5) is 19.7. The zero-order chi connectivity index (χ0) is 23.8. The average Bonchev–Trinajstić information content (AvgIpc) is 3.15. The van der Waals surface area contributed by atoms with E-state index in [9.17, 15) is 27.5 Å². The number of alkyl halides is 3. The third-order valence-electron chi connectivity index (χ3n) is 4.69. The van der Waals surface area contributed by atoms with Crippen molar-refractivity contribution in [2.75, 3.05) is 16.4 Å². The number of rotatable bonds is 4. The molecule has 4 aromatic rings. The zero-order valence-electron chi connectivity index (χ0n) is 16.6. The molecule has 0 aliphatic heterocycles. The Bertz CT molecular complexity index is 1350. The topological polar surface area (TPSA) is 130 Å². The molecule has 0 bridgehead atoms. The van der Waals surface area contributed by atoms with Crippen LogP contribution >= 0.6 is 0 Å². The number of nitrogen functional groups attached to an aromatic ring is 1. The number of halogens is 4. The van der Waals surface area contributed by atoms with Crippen LogP contribution in [0.4, 0.5) is 39.7 Å². The molecule has 3 heterocycles. The number of benzene rings is 1. The number of anilines is 3. The first kappa shape index (κ1) is 22.0. The van der Waals surface area contributed by atoms with Crippen molar-refractivity contribution in [1.29, 1.82) is 0 Å². The minimum atomic E-state index is -4.61. The number of nitrogens with zero attached hydrogens (tertiary/aromatic N) is 4. The highest BCUT2D eigenvalue weighted by Crippen LogP contribution is 2.34. The lowest BCUT2D eigenvalue weighted by Crippen LogP contribution is -2.21. The number of hydrogen-bond acceptors (Lipinski definition) is 6. The molecular formula is C20H15F4N7O2. The Kier molecular flexibility index (Phi) is 5.55. The molecular weight excluding hydrogens is 446 g/mol. The number of carbonyl (C=O) groups excluding carboxylic acids is 1. The van der Waals surface area contributed by atoms with Gasteiger partial charge in [0.15, 0.2) is 5.82 Å². The van der Waals surface area contributed by atoms with Gasteiger partial charge in [-0.15, -0.1) is 0 Å². The highest BCUT2D eigenvalue weighted by atomic mass is 19.4. The highest BCUT2D eigenvalue weighted by Gasteiger charge is 2.30. The van der Waals surface area contributed by atoms with Crippen molar-refractivity contribution in [3.8, 4) is 11.1 Å². The Morgan fingerprint density at radius 3 is 2.64 bits per heavy atom. The molecule has 0 saturated carbocycles. The SMILES string of the molecule is Nc1ncnn2cc(CO)c(-c3ccc(NC(=O)Nc4cc(C(F)(F)F)ccn4)c(F)c3)c12. The van der Waals surface area contributed by atoms with Gasteiger partial charge in [0.2, 0.25) is 0 Å². The average molecular weight is 461 g/mol. The number of nitrogens with one attached hydrogen (secondary N) is 2. The first-order valence-electron chi connectivity index (χ1n) is 9.30. The van der Waals surface area contributed by atoms with Crippen LogP contribution in [0.3, 0.4) is 0 Å². The molecule has 5 N–H and O–H groups in total. The molecule has 0 spiro atoms. The smallest absolute Gasteiger partial charge is 0.392 e. The maximum atomic E-state index is 14.8. The summed E-state index contributed by atoms with van der Waals surface area (Å²) in [7, 11) is 0. The van der Waals surface area contributed by atoms with Crippen molar-refractivity contribution in [1.82, 2.24) is 19.6 Å². The largest absolute Gasteiger partial charge is 0.416 e. The molecule has 2 amide bonds. The van der Waals surface area contributed by atoms with Crippen LogP contribution in [0.1, 0.15) is 11.1 Å². The third-order valence-corrected chi connectivity index (χ3v) is 4.69. The standard InChI is InChI=1S/C20H15F4N7O2/c21-13-5-10(16-11(8-32)7-31-17(16)18(25)27-9-28-31)1-2-14(13)29-19(33)30-15-6-12(3-4-26-15)20(22,23)24/h1-7,9,32H,8H2,(H2,25,27,28)(H2,26,29,30,33). The molecule has 0 radical (unpaired) electrons. The predicted octanol–water partition coefficient (Wildman–Crippen LogP) is 3.67. The van der Waals surface area contributed by atoms with E-state index in [1.165, 1.54) is 29.2 Å². The molecule has 0 atom stereocenters. The van der Waals surface area contributed by atoms with Gasteiger partial charge in [0.05, 0.1) is 17.9 Å². The van der Waals surface area contributed by atoms with Crippen LogP contribution in [0.2, 0.25) is 0 Å². The number of carbonyl (C=O) groups is 1. The van der Waals surface area contributed by atoms with E-state index in [1.54, 1.807) is 0 Å². The van der Waals surface area contributed by atoms with E-state index in [-0.39, 0.29) is 23.9 Å². The van der Waals surface area contributed by atoms with Crippen molar-refractivity contribution in [3.05, 3.63) is 66.0 Å². The molecule has 170 valence electrons. The van der Waals surface area contributed by atoms with Gasteiger partial charge in [0.1, 0.15) is 23.5 Å². The fraction of sp³-hybridized carbons (Fsp3) is 0.100. The van der Waals surface area contributed by atoms with Crippen molar-refractivity contribution in [3.63, 3.8) is 0 Å². The van der Waals surface area contributed by atoms with Crippen LogP contribution in [-0.2, 0) is 12.8 Å². The first-order valence-corrected chi connectivity index (χ1v) is 9.30. The summed E-state index contributed by atoms with van der Waals surface area (Å²) in [5.74, 6) is -1.07. The Labute approximate surface area is 182 Å². The Balaban J connectivity index is 1.58. The molecule has 0 aliphatic carbocycles. The van der Waals surface area contributed by atoms with Crippen LogP contribution in [0.25, 0.3) is 16.6 Å². The summed E-state index contributed by atoms with van der Waals surface area (Å²) in [6, 6.07) is 4.26. The van der Waals surface area contributed by atoms with E-state index in [1.807, 2.05) is 0 Å². The van der Waals surface area contributed by atoms with Crippen molar-refractivity contribution in [2.45, 2.75) is 12.8 Å². The molecule has 1 aromatic carbocycles. The van der Waals surface area contributed by atoms with E-state index < -0.39 is 23.6 Å². The van der Waals surface area contributed by atoms with Gasteiger partial charge in [0.25, 0.3) is 0 Å². The molecule has 3 aromatic heterocycles. The Morgan fingerprint density at radius 1 is 1.15 bits per heavy atom. The summed E-state index contributed by atoms with van der Waals surface area (Å²) in [6.07, 6.45) is -0.950. The van der Waals surface area contributed by atoms with Gasteiger partial charge in [-0.25, -0.2) is 23.7 Å². The summed E-state index contributed by atoms with van der Waals surface area (Å²) < 4.78 is 54.6. The quantitative estimate of drug-likeness (QED) is 0.343. The summed E-state index contributed by atoms with van der Waals surface area (Å²) in [5, 5.41) is 18.0. The lowest BCUT2D eigenvalue weighted by molar-refractivity contribution is -0.137. The minimum absolute atomic E-state index is 0.121. The molecule has 0 unspecified atom stereocenters. The molecule has 0 aliphatic rings. The first-order chi connectivity index (χ1) is 15.7. The summed E-state index contributed by atoms with van der Waals surface area (Å²) >= 11 is 0. The number of hydrogen-bond donors (Lipinski definition) is 4. The molecule has 4 rings (SSSR count). The lowest BCUT2D eigenvalue weighted by atomic mass is 10.0. The van der Waals surface area contributed by atoms with E-state index in [2.05, 4.69) is 25.7 Å². The summed E-state index contributed by atoms with van der Waals surface area (Å²) in [6.45, 7) is -0.369. The van der Waals surface area contributed by atoms with E-state index >= 15 is 0 Å². The van der Waals surface area contributed by atoms with Gasteiger partial charge >= 0.3 is 12.2 Å². The number of nitrogens with two attached hydrogens (primary N) is 1. The monoisotopic (exact) mass is 461 g/mol. The van der Waals surface area contributed by atoms with Crippen LogP contribution in [0, 0.1) is 5.82 Å². The third kappa shape index (κ3) is 4.39. The second-order valence-electron chi connectivity index (χ2n) is 6.83. The number of aliphatic hydroxyl groups excluding tert-OH is 1. The predicted molar refractivity (Wildman–Crippen MR) is 111 cm³/mol. The number of fused-ring (bicyclic) bond motifs is 1. The van der Waals surface area contributed by atoms with Gasteiger partial charge in [-0.1, -0.05) is 6.07 Å². The maximum absolute atomic E-state index is 14.8. The van der Waals surface area contributed by atoms with E-state index in [4.69, 9.17) is 5.73 Å². The fourth-order valence-corrected chi connectivity index (χ4v) is 3.24. The fourth-order valence-electron chi connectivity index (χ4n) is 3.24. The molecule has 9 nitrogen and oxygen atoms in total. The number of amides is 2. The number of aromatic nitrogens is 4. The van der Waals surface area contributed by atoms with Crippen molar-refractivity contribution < 1.29 is 27.5 Å². The van der Waals surface area contributed by atoms with Crippen LogP contribution < -0.4 is 16.4 Å². The lowest BCUT2D eigenvalue weighted by Gasteiger charge is -2.11. The van der Waals surface area contributed by atoms with Gasteiger partial charge in [-0.3, -0.25) is 5.32 Å². The second-order valence-corrected chi connectivity index (χ2v) is 6.83. The Morgan fingerprint density at radius 2 is 1.94 bits per heavy atom. The molecule has 0 saturated heterocycles. The maximum Gasteiger partial charge on any atom is 0.416 e. The van der Waals surface area contributed by atoms with E-state index in [0.717, 1.165) is 18.3 Å². The summed E-state index contributed by atoms with van der Waals surface area (Å²) in [5.41, 5.74) is 6.24. The van der Waals surface area contributed by atoms with Gasteiger partial charge in [0, 0.05) is 23.5 Å². The van der Waals surface area contributed by atoms with Gasteiger partial charge in [-0.05, 0) is 29.8 Å². The van der Waals surface area contributed by atoms with E-state index in [0.29, 0.717) is 28.3 Å². The van der Waals surface area contributed by atoms with Crippen LogP contribution in [-0.4, -0.2) is 30.7 Å². The van der Waals surface area contributed by atoms with Crippen molar-refractivity contribution >= 4 is 28.9 Å². The zero-order valence-corrected chi connectivity index (χ0v) is 16.6. The highest BCUT2D eigenvalue weighted by molar-refractivity contribution is 5.99. The van der Waals surface area contributed by atoms with Crippen molar-refractivity contribution in [2.24, 2.45) is 0 Å². The van der Waals surface area contributed by atoms with Gasteiger partial charge < -0.3 is 16.2 Å². The second kappa shape index (κ2) is 8.35. The minimum Gasteiger partial charge on any atom is -0.392 e. The van der Waals surface area contributed by atoms with Crippen LogP contribution in [0.15, 0.2) is 49.1 Å². The number of pyridine rings is 1.